The lowest BCUT2D eigenvalue weighted by atomic mass is 10.2. The number of anilines is 2. The maximum atomic E-state index is 11.4. The van der Waals surface area contributed by atoms with Crippen molar-refractivity contribution in [1.29, 1.82) is 0 Å². The van der Waals surface area contributed by atoms with Crippen LogP contribution in [0.15, 0.2) is 48.5 Å². The van der Waals surface area contributed by atoms with Crippen LogP contribution < -0.4 is 10.0 Å². The molecular formula is C18H22ClN3O2S. The summed E-state index contributed by atoms with van der Waals surface area (Å²) in [6.45, 7) is 2.88. The van der Waals surface area contributed by atoms with E-state index in [9.17, 15) is 8.42 Å². The highest BCUT2D eigenvalue weighted by Gasteiger charge is 2.23. The lowest BCUT2D eigenvalue weighted by Gasteiger charge is -2.18. The third-order valence-electron chi connectivity index (χ3n) is 4.15. The van der Waals surface area contributed by atoms with E-state index in [1.165, 1.54) is 5.56 Å². The van der Waals surface area contributed by atoms with E-state index >= 15 is 0 Å². The van der Waals surface area contributed by atoms with Gasteiger partial charge in [0, 0.05) is 25.7 Å². The summed E-state index contributed by atoms with van der Waals surface area (Å²) in [5.74, 6) is 0. The highest BCUT2D eigenvalue weighted by atomic mass is 35.5. The molecule has 5 nitrogen and oxygen atoms in total. The summed E-state index contributed by atoms with van der Waals surface area (Å²) in [5, 5.41) is 4.03. The monoisotopic (exact) mass is 379 g/mol. The summed E-state index contributed by atoms with van der Waals surface area (Å²) in [6.07, 6.45) is 2.15. The molecule has 1 saturated heterocycles. The molecule has 1 atom stereocenters. The van der Waals surface area contributed by atoms with E-state index in [4.69, 9.17) is 11.6 Å². The lowest BCUT2D eigenvalue weighted by molar-refractivity contribution is 0.328. The van der Waals surface area contributed by atoms with Crippen molar-refractivity contribution in [3.63, 3.8) is 0 Å². The van der Waals surface area contributed by atoms with Gasteiger partial charge in [-0.3, -0.25) is 9.62 Å². The molecule has 3 rings (SSSR count). The van der Waals surface area contributed by atoms with Gasteiger partial charge in [0.2, 0.25) is 10.0 Å². The maximum Gasteiger partial charge on any atom is 0.229 e. The second kappa shape index (κ2) is 7.64. The second-order valence-corrected chi connectivity index (χ2v) is 8.58. The van der Waals surface area contributed by atoms with Crippen LogP contribution in [-0.4, -0.2) is 38.7 Å². The van der Waals surface area contributed by atoms with Crippen LogP contribution >= 0.6 is 11.6 Å². The summed E-state index contributed by atoms with van der Waals surface area (Å²) in [7, 11) is -3.31. The average Bonchev–Trinajstić information content (AvgIpc) is 2.97. The summed E-state index contributed by atoms with van der Waals surface area (Å²) in [5.41, 5.74) is 2.57. The topological polar surface area (TPSA) is 61.4 Å². The molecule has 1 heterocycles. The zero-order valence-corrected chi connectivity index (χ0v) is 15.6. The zero-order valence-electron chi connectivity index (χ0n) is 14.1. The first kappa shape index (κ1) is 18.0. The molecule has 2 aromatic rings. The summed E-state index contributed by atoms with van der Waals surface area (Å²) in [6, 6.07) is 15.8. The first-order valence-electron chi connectivity index (χ1n) is 8.19. The van der Waals surface area contributed by atoms with Gasteiger partial charge in [0.05, 0.1) is 22.7 Å². The second-order valence-electron chi connectivity index (χ2n) is 6.42. The highest BCUT2D eigenvalue weighted by Crippen LogP contribution is 2.28. The Morgan fingerprint density at radius 1 is 1.20 bits per heavy atom. The van der Waals surface area contributed by atoms with Crippen molar-refractivity contribution >= 4 is 33.0 Å². The van der Waals surface area contributed by atoms with Gasteiger partial charge in [-0.25, -0.2) is 8.42 Å². The molecule has 2 N–H and O–H groups in total. The van der Waals surface area contributed by atoms with E-state index in [-0.39, 0.29) is 6.04 Å². The quantitative estimate of drug-likeness (QED) is 0.807. The molecule has 1 aliphatic rings. The Morgan fingerprint density at radius 2 is 1.96 bits per heavy atom. The van der Waals surface area contributed by atoms with Crippen LogP contribution in [0.4, 0.5) is 11.4 Å². The number of hydrogen-bond acceptors (Lipinski definition) is 4. The summed E-state index contributed by atoms with van der Waals surface area (Å²) >= 11 is 6.26. The van der Waals surface area contributed by atoms with Gasteiger partial charge in [-0.15, -0.1) is 0 Å². The Hall–Kier alpha value is -1.76. The Morgan fingerprint density at radius 3 is 2.68 bits per heavy atom. The Bertz CT molecular complexity index is 827. The molecular weight excluding hydrogens is 358 g/mol. The number of nitrogens with one attached hydrogen (secondary N) is 2. The van der Waals surface area contributed by atoms with Crippen molar-refractivity contribution in [3.05, 3.63) is 59.1 Å². The lowest BCUT2D eigenvalue weighted by Crippen LogP contribution is -2.26. The van der Waals surface area contributed by atoms with E-state index in [0.29, 0.717) is 10.7 Å². The SMILES string of the molecule is CS(=O)(=O)Nc1ccc(Cl)c(NC2CCN(Cc3ccccc3)C2)c1. The Labute approximate surface area is 154 Å². The molecule has 0 saturated carbocycles. The van der Waals surface area contributed by atoms with Gasteiger partial charge in [-0.2, -0.15) is 0 Å². The maximum absolute atomic E-state index is 11.4. The van der Waals surface area contributed by atoms with Crippen LogP contribution in [0.2, 0.25) is 5.02 Å². The first-order valence-corrected chi connectivity index (χ1v) is 10.5. The number of nitrogens with zero attached hydrogens (tertiary/aromatic N) is 1. The molecule has 0 radical (unpaired) electrons. The molecule has 25 heavy (non-hydrogen) atoms. The summed E-state index contributed by atoms with van der Waals surface area (Å²) in [4.78, 5) is 2.40. The van der Waals surface area contributed by atoms with Gasteiger partial charge < -0.3 is 5.32 Å². The van der Waals surface area contributed by atoms with Crippen LogP contribution in [0.25, 0.3) is 0 Å². The zero-order chi connectivity index (χ0) is 17.9. The van der Waals surface area contributed by atoms with E-state index < -0.39 is 10.0 Å². The van der Waals surface area contributed by atoms with E-state index in [0.717, 1.165) is 38.0 Å². The van der Waals surface area contributed by atoms with E-state index in [1.807, 2.05) is 6.07 Å². The number of benzene rings is 2. The number of likely N-dealkylation sites (tertiary alicyclic amines) is 1. The van der Waals surface area contributed by atoms with Crippen LogP contribution in [0.3, 0.4) is 0 Å². The number of rotatable bonds is 6. The molecule has 134 valence electrons. The fourth-order valence-electron chi connectivity index (χ4n) is 3.07. The summed E-state index contributed by atoms with van der Waals surface area (Å²) < 4.78 is 25.3. The minimum absolute atomic E-state index is 0.287. The molecule has 0 amide bonds. The molecule has 0 aromatic heterocycles. The minimum Gasteiger partial charge on any atom is -0.380 e. The molecule has 0 spiro atoms. The normalized spacial score (nSPS) is 18.2. The van der Waals surface area contributed by atoms with Crippen molar-refractivity contribution < 1.29 is 8.42 Å². The Kier molecular flexibility index (Phi) is 5.51. The molecule has 0 aliphatic carbocycles. The van der Waals surface area contributed by atoms with Crippen molar-refractivity contribution in [2.24, 2.45) is 0 Å². The third-order valence-corrected chi connectivity index (χ3v) is 5.09. The van der Waals surface area contributed by atoms with Gasteiger partial charge in [-0.1, -0.05) is 41.9 Å². The minimum atomic E-state index is -3.31. The smallest absolute Gasteiger partial charge is 0.229 e. The average molecular weight is 380 g/mol. The van der Waals surface area contributed by atoms with Crippen molar-refractivity contribution in [3.8, 4) is 0 Å². The number of halogens is 1. The van der Waals surface area contributed by atoms with Crippen LogP contribution in [-0.2, 0) is 16.6 Å². The standard InChI is InChI=1S/C18H22ClN3O2S/c1-25(23,24)21-15-7-8-17(19)18(11-15)20-16-9-10-22(13-16)12-14-5-3-2-4-6-14/h2-8,11,16,20-21H,9-10,12-13H2,1H3. The Balaban J connectivity index is 1.62. The van der Waals surface area contributed by atoms with E-state index in [2.05, 4.69) is 39.2 Å². The van der Waals surface area contributed by atoms with Gasteiger partial charge >= 0.3 is 0 Å². The van der Waals surface area contributed by atoms with Gasteiger partial charge in [-0.05, 0) is 30.2 Å². The third kappa shape index (κ3) is 5.36. The number of hydrogen-bond donors (Lipinski definition) is 2. The van der Waals surface area contributed by atoms with Crippen LogP contribution in [0, 0.1) is 0 Å². The van der Waals surface area contributed by atoms with Crippen LogP contribution in [0.1, 0.15) is 12.0 Å². The molecule has 2 aromatic carbocycles. The van der Waals surface area contributed by atoms with Crippen LogP contribution in [0.5, 0.6) is 0 Å². The molecule has 1 unspecified atom stereocenters. The van der Waals surface area contributed by atoms with Gasteiger partial charge in [0.25, 0.3) is 0 Å². The molecule has 7 heteroatoms. The first-order chi connectivity index (χ1) is 11.9. The van der Waals surface area contributed by atoms with Gasteiger partial charge in [0.1, 0.15) is 0 Å². The largest absolute Gasteiger partial charge is 0.380 e. The predicted molar refractivity (Wildman–Crippen MR) is 104 cm³/mol. The van der Waals surface area contributed by atoms with Crippen molar-refractivity contribution in [1.82, 2.24) is 4.90 Å². The predicted octanol–water partition coefficient (Wildman–Crippen LogP) is 3.40. The molecule has 1 aliphatic heterocycles. The molecule has 1 fully saturated rings. The van der Waals surface area contributed by atoms with Gasteiger partial charge in [0.15, 0.2) is 0 Å². The van der Waals surface area contributed by atoms with Crippen molar-refractivity contribution in [2.45, 2.75) is 19.0 Å². The fraction of sp³-hybridized carbons (Fsp3) is 0.333. The highest BCUT2D eigenvalue weighted by molar-refractivity contribution is 7.92. The number of sulfonamides is 1. The van der Waals surface area contributed by atoms with E-state index in [1.54, 1.807) is 18.2 Å². The molecule has 0 bridgehead atoms. The fourth-order valence-corrected chi connectivity index (χ4v) is 3.80. The van der Waals surface area contributed by atoms with Crippen molar-refractivity contribution in [2.75, 3.05) is 29.4 Å².